The van der Waals surface area contributed by atoms with Gasteiger partial charge in [-0.25, -0.2) is 12.7 Å². The summed E-state index contributed by atoms with van der Waals surface area (Å²) in [6, 6.07) is 9.80. The van der Waals surface area contributed by atoms with Crippen molar-refractivity contribution in [2.75, 3.05) is 32.9 Å². The number of β-amino-alcohol motifs (C(OH)–C–C–N with tert-alkyl or cyclic N) is 1. The SMILES string of the molecule is CN(C)S(=O)(=O)C[C@@H]1CN(Cc2cc3ccccc3o2)C[C@H]1O. The molecular formula is C16H22N2O4S. The van der Waals surface area contributed by atoms with Crippen molar-refractivity contribution in [2.45, 2.75) is 12.6 Å². The smallest absolute Gasteiger partial charge is 0.214 e. The van der Waals surface area contributed by atoms with Gasteiger partial charge in [-0.15, -0.1) is 0 Å². The molecule has 0 amide bonds. The first-order valence-corrected chi connectivity index (χ1v) is 9.24. The van der Waals surface area contributed by atoms with Crippen LogP contribution >= 0.6 is 0 Å². The highest BCUT2D eigenvalue weighted by Gasteiger charge is 2.35. The monoisotopic (exact) mass is 338 g/mol. The van der Waals surface area contributed by atoms with Crippen molar-refractivity contribution >= 4 is 21.0 Å². The fourth-order valence-corrected chi connectivity index (χ4v) is 4.16. The third-order valence-electron chi connectivity index (χ3n) is 4.32. The zero-order valence-electron chi connectivity index (χ0n) is 13.3. The molecule has 23 heavy (non-hydrogen) atoms. The molecule has 3 rings (SSSR count). The number of likely N-dealkylation sites (tertiary alicyclic amines) is 1. The van der Waals surface area contributed by atoms with Gasteiger partial charge in [-0.3, -0.25) is 4.90 Å². The van der Waals surface area contributed by atoms with Gasteiger partial charge in [0.05, 0.1) is 18.4 Å². The Morgan fingerprint density at radius 2 is 2.04 bits per heavy atom. The Bertz CT molecular complexity index is 751. The second kappa shape index (κ2) is 6.24. The van der Waals surface area contributed by atoms with Crippen LogP contribution in [0.5, 0.6) is 0 Å². The van der Waals surface area contributed by atoms with Gasteiger partial charge in [-0.2, -0.15) is 0 Å². The third-order valence-corrected chi connectivity index (χ3v) is 6.28. The van der Waals surface area contributed by atoms with E-state index in [2.05, 4.69) is 0 Å². The van der Waals surface area contributed by atoms with Gasteiger partial charge in [0.25, 0.3) is 0 Å². The molecule has 1 N–H and O–H groups in total. The maximum absolute atomic E-state index is 12.0. The zero-order chi connectivity index (χ0) is 16.6. The largest absolute Gasteiger partial charge is 0.460 e. The van der Waals surface area contributed by atoms with E-state index in [9.17, 15) is 13.5 Å². The van der Waals surface area contributed by atoms with Crippen molar-refractivity contribution in [3.05, 3.63) is 36.1 Å². The Balaban J connectivity index is 1.66. The van der Waals surface area contributed by atoms with Gasteiger partial charge in [0.15, 0.2) is 0 Å². The lowest BCUT2D eigenvalue weighted by Crippen LogP contribution is -2.33. The summed E-state index contributed by atoms with van der Waals surface area (Å²) in [5, 5.41) is 11.2. The summed E-state index contributed by atoms with van der Waals surface area (Å²) in [6.45, 7) is 1.58. The van der Waals surface area contributed by atoms with Crippen LogP contribution in [0.3, 0.4) is 0 Å². The van der Waals surface area contributed by atoms with Crippen molar-refractivity contribution in [2.24, 2.45) is 5.92 Å². The predicted molar refractivity (Wildman–Crippen MR) is 88.5 cm³/mol. The average Bonchev–Trinajstić information content (AvgIpc) is 3.01. The standard InChI is InChI=1S/C16H22N2O4S/c1-17(2)23(20,21)11-13-8-18(10-15(13)19)9-14-7-12-5-3-4-6-16(12)22-14/h3-7,13,15,19H,8-11H2,1-2H3/t13-,15+/m0/s1. The number of aliphatic hydroxyl groups is 1. The number of nitrogens with zero attached hydrogens (tertiary/aromatic N) is 2. The molecule has 1 aromatic heterocycles. The molecule has 0 aliphatic carbocycles. The Morgan fingerprint density at radius 3 is 2.74 bits per heavy atom. The molecule has 1 fully saturated rings. The molecule has 2 heterocycles. The summed E-state index contributed by atoms with van der Waals surface area (Å²) in [7, 11) is -0.275. The first kappa shape index (κ1) is 16.4. The molecule has 2 aromatic rings. The van der Waals surface area contributed by atoms with Crippen LogP contribution in [0.1, 0.15) is 5.76 Å². The number of sulfonamides is 1. The first-order valence-electron chi connectivity index (χ1n) is 7.63. The molecule has 2 atom stereocenters. The van der Waals surface area contributed by atoms with E-state index in [0.29, 0.717) is 19.6 Å². The molecule has 0 bridgehead atoms. The second-order valence-corrected chi connectivity index (χ2v) is 8.56. The van der Waals surface area contributed by atoms with Gasteiger partial charge < -0.3 is 9.52 Å². The normalized spacial score (nSPS) is 23.1. The summed E-state index contributed by atoms with van der Waals surface area (Å²) < 4.78 is 31.0. The lowest BCUT2D eigenvalue weighted by atomic mass is 10.1. The van der Waals surface area contributed by atoms with Gasteiger partial charge in [-0.05, 0) is 12.1 Å². The van der Waals surface area contributed by atoms with Gasteiger partial charge in [0.1, 0.15) is 11.3 Å². The fourth-order valence-electron chi connectivity index (χ4n) is 2.99. The zero-order valence-corrected chi connectivity index (χ0v) is 14.2. The minimum Gasteiger partial charge on any atom is -0.460 e. The van der Waals surface area contributed by atoms with Crippen molar-refractivity contribution < 1.29 is 17.9 Å². The minimum atomic E-state index is -3.31. The number of rotatable bonds is 5. The van der Waals surface area contributed by atoms with Crippen LogP contribution in [-0.2, 0) is 16.6 Å². The van der Waals surface area contributed by atoms with Gasteiger partial charge >= 0.3 is 0 Å². The Hall–Kier alpha value is -1.41. The number of benzene rings is 1. The van der Waals surface area contributed by atoms with Crippen molar-refractivity contribution in [3.63, 3.8) is 0 Å². The summed E-state index contributed by atoms with van der Waals surface area (Å²) in [6.07, 6.45) is -0.630. The van der Waals surface area contributed by atoms with Gasteiger partial charge in [0.2, 0.25) is 10.0 Å². The van der Waals surface area contributed by atoms with E-state index in [-0.39, 0.29) is 11.7 Å². The van der Waals surface area contributed by atoms with Crippen LogP contribution in [-0.4, -0.2) is 61.8 Å². The van der Waals surface area contributed by atoms with Crippen LogP contribution in [0, 0.1) is 5.92 Å². The predicted octanol–water partition coefficient (Wildman–Crippen LogP) is 1.12. The van der Waals surface area contributed by atoms with E-state index in [0.717, 1.165) is 16.7 Å². The highest BCUT2D eigenvalue weighted by Crippen LogP contribution is 2.24. The molecule has 1 aliphatic rings. The molecule has 0 unspecified atom stereocenters. The molecule has 126 valence electrons. The Morgan fingerprint density at radius 1 is 1.30 bits per heavy atom. The maximum atomic E-state index is 12.0. The average molecular weight is 338 g/mol. The summed E-state index contributed by atoms with van der Waals surface area (Å²) >= 11 is 0. The van der Waals surface area contributed by atoms with Crippen molar-refractivity contribution in [1.29, 1.82) is 0 Å². The summed E-state index contributed by atoms with van der Waals surface area (Å²) in [4.78, 5) is 2.04. The van der Waals surface area contributed by atoms with Crippen molar-refractivity contribution in [3.8, 4) is 0 Å². The van der Waals surface area contributed by atoms with Crippen LogP contribution in [0.4, 0.5) is 0 Å². The molecule has 0 spiro atoms. The molecule has 1 aliphatic heterocycles. The molecule has 0 radical (unpaired) electrons. The summed E-state index contributed by atoms with van der Waals surface area (Å²) in [5.41, 5.74) is 0.842. The van der Waals surface area contributed by atoms with Crippen LogP contribution in [0.2, 0.25) is 0 Å². The first-order chi connectivity index (χ1) is 10.8. The van der Waals surface area contributed by atoms with Crippen LogP contribution in [0.25, 0.3) is 11.0 Å². The lowest BCUT2D eigenvalue weighted by Gasteiger charge is -2.17. The number of fused-ring (bicyclic) bond motifs is 1. The molecule has 1 saturated heterocycles. The van der Waals surface area contributed by atoms with Crippen LogP contribution < -0.4 is 0 Å². The quantitative estimate of drug-likeness (QED) is 0.884. The van der Waals surface area contributed by atoms with E-state index in [4.69, 9.17) is 4.42 Å². The highest BCUT2D eigenvalue weighted by atomic mass is 32.2. The third kappa shape index (κ3) is 3.58. The topological polar surface area (TPSA) is 74.0 Å². The van der Waals surface area contributed by atoms with Crippen LogP contribution in [0.15, 0.2) is 34.7 Å². The number of furan rings is 1. The Labute approximate surface area is 136 Å². The van der Waals surface area contributed by atoms with Crippen molar-refractivity contribution in [1.82, 2.24) is 9.21 Å². The van der Waals surface area contributed by atoms with E-state index >= 15 is 0 Å². The number of aliphatic hydroxyl groups excluding tert-OH is 1. The highest BCUT2D eigenvalue weighted by molar-refractivity contribution is 7.89. The Kier molecular flexibility index (Phi) is 4.46. The molecule has 7 heteroatoms. The van der Waals surface area contributed by atoms with Gasteiger partial charge in [0, 0.05) is 38.5 Å². The van der Waals surface area contributed by atoms with Gasteiger partial charge in [-0.1, -0.05) is 18.2 Å². The second-order valence-electron chi connectivity index (χ2n) is 6.33. The van der Waals surface area contributed by atoms with E-state index < -0.39 is 16.1 Å². The number of hydrogen-bond acceptors (Lipinski definition) is 5. The van der Waals surface area contributed by atoms with E-state index in [1.807, 2.05) is 35.2 Å². The van der Waals surface area contributed by atoms with E-state index in [1.165, 1.54) is 18.4 Å². The lowest BCUT2D eigenvalue weighted by molar-refractivity contribution is 0.147. The number of hydrogen-bond donors (Lipinski definition) is 1. The molecule has 0 saturated carbocycles. The molecule has 6 nitrogen and oxygen atoms in total. The molecule has 1 aromatic carbocycles. The minimum absolute atomic E-state index is 0.0300. The summed E-state index contributed by atoms with van der Waals surface area (Å²) in [5.74, 6) is 0.527. The molecular weight excluding hydrogens is 316 g/mol. The van der Waals surface area contributed by atoms with E-state index in [1.54, 1.807) is 0 Å². The number of para-hydroxylation sites is 1. The maximum Gasteiger partial charge on any atom is 0.214 e. The fraction of sp³-hybridized carbons (Fsp3) is 0.500.